The normalized spacial score (nSPS) is 11.2. The molecule has 0 unspecified atom stereocenters. The van der Waals surface area contributed by atoms with E-state index in [4.69, 9.17) is 0 Å². The highest BCUT2D eigenvalue weighted by molar-refractivity contribution is 8.00. The highest BCUT2D eigenvalue weighted by atomic mass is 32.2. The third-order valence-corrected chi connectivity index (χ3v) is 5.75. The summed E-state index contributed by atoms with van der Waals surface area (Å²) >= 11 is 2.81. The zero-order valence-electron chi connectivity index (χ0n) is 13.3. The second-order valence-electron chi connectivity index (χ2n) is 5.38. The molecule has 0 saturated carbocycles. The molecular weight excluding hydrogens is 350 g/mol. The van der Waals surface area contributed by atoms with Crippen LogP contribution in [0.2, 0.25) is 0 Å². The van der Waals surface area contributed by atoms with Crippen LogP contribution in [-0.2, 0) is 0 Å². The van der Waals surface area contributed by atoms with E-state index in [-0.39, 0.29) is 11.3 Å². The summed E-state index contributed by atoms with van der Waals surface area (Å²) in [6, 6.07) is 2.89. The van der Waals surface area contributed by atoms with E-state index < -0.39 is 17.4 Å². The number of fused-ring (bicyclic) bond motifs is 1. The minimum absolute atomic E-state index is 0.0136. The third-order valence-electron chi connectivity index (χ3n) is 3.68. The van der Waals surface area contributed by atoms with Crippen LogP contribution in [0.5, 0.6) is 0 Å². The summed E-state index contributed by atoms with van der Waals surface area (Å²) in [5.41, 5.74) is 0.852. The maximum atomic E-state index is 13.7. The second-order valence-corrected chi connectivity index (χ2v) is 7.54. The Morgan fingerprint density at radius 3 is 2.71 bits per heavy atom. The van der Waals surface area contributed by atoms with Crippen LogP contribution >= 0.6 is 23.1 Å². The summed E-state index contributed by atoms with van der Waals surface area (Å²) in [5.74, 6) is -1.20. The maximum Gasteiger partial charge on any atom is 0.176 e. The molecule has 0 bridgehead atoms. The first-order valence-electron chi connectivity index (χ1n) is 7.22. The topological polar surface area (TPSA) is 42.9 Å². The first-order valence-corrected chi connectivity index (χ1v) is 9.02. The van der Waals surface area contributed by atoms with Crippen molar-refractivity contribution in [2.45, 2.75) is 25.8 Å². The van der Waals surface area contributed by atoms with Gasteiger partial charge in [-0.25, -0.2) is 18.7 Å². The van der Waals surface area contributed by atoms with Gasteiger partial charge in [-0.2, -0.15) is 0 Å². The molecule has 0 radical (unpaired) electrons. The van der Waals surface area contributed by atoms with Crippen LogP contribution in [0.3, 0.4) is 0 Å². The van der Waals surface area contributed by atoms with Crippen LogP contribution in [0.1, 0.15) is 26.6 Å². The third kappa shape index (κ3) is 3.18. The zero-order valence-corrected chi connectivity index (χ0v) is 14.9. The van der Waals surface area contributed by atoms with Gasteiger partial charge >= 0.3 is 0 Å². The molecule has 3 nitrogen and oxygen atoms in total. The van der Waals surface area contributed by atoms with Gasteiger partial charge in [0.1, 0.15) is 27.3 Å². The molecule has 0 fully saturated rings. The van der Waals surface area contributed by atoms with Crippen LogP contribution in [0.25, 0.3) is 10.2 Å². The van der Waals surface area contributed by atoms with Crippen LogP contribution in [0, 0.1) is 32.4 Å². The fraction of sp³-hybridized carbons (Fsp3) is 0.235. The molecule has 3 aromatic rings. The molecule has 124 valence electrons. The van der Waals surface area contributed by atoms with Crippen LogP contribution in [0.15, 0.2) is 23.2 Å². The van der Waals surface area contributed by atoms with Gasteiger partial charge in [-0.3, -0.25) is 4.79 Å². The molecule has 0 aliphatic heterocycles. The van der Waals surface area contributed by atoms with E-state index in [0.29, 0.717) is 10.9 Å². The van der Waals surface area contributed by atoms with Crippen molar-refractivity contribution in [1.82, 2.24) is 9.97 Å². The van der Waals surface area contributed by atoms with Gasteiger partial charge in [-0.1, -0.05) is 11.8 Å². The summed E-state index contributed by atoms with van der Waals surface area (Å²) in [6.45, 7) is 5.80. The molecule has 2 aromatic heterocycles. The summed E-state index contributed by atoms with van der Waals surface area (Å²) in [5, 5.41) is 1.63. The SMILES string of the molecule is Cc1nc(SCC(=O)c2cc(F)ccc2F)c2c(C)c(C)sc2n1. The average Bonchev–Trinajstić information content (AvgIpc) is 2.81. The standard InChI is InChI=1S/C17H14F2N2OS2/c1-8-9(2)24-17-15(8)16(20-10(3)21-17)23-7-14(22)12-6-11(18)4-5-13(12)19/h4-6H,7H2,1-3H3. The Hall–Kier alpha value is -1.86. The van der Waals surface area contributed by atoms with Gasteiger partial charge in [0.2, 0.25) is 0 Å². The molecule has 7 heteroatoms. The number of rotatable bonds is 4. The number of benzene rings is 1. The number of ketones is 1. The van der Waals surface area contributed by atoms with Gasteiger partial charge < -0.3 is 0 Å². The van der Waals surface area contributed by atoms with Gasteiger partial charge in [0.15, 0.2) is 5.78 Å². The quantitative estimate of drug-likeness (QED) is 0.376. The second kappa shape index (κ2) is 6.57. The van der Waals surface area contributed by atoms with Gasteiger partial charge in [0.25, 0.3) is 0 Å². The zero-order chi connectivity index (χ0) is 17.4. The lowest BCUT2D eigenvalue weighted by Crippen LogP contribution is -2.06. The fourth-order valence-electron chi connectivity index (χ4n) is 2.34. The Labute approximate surface area is 146 Å². The molecule has 1 aromatic carbocycles. The fourth-order valence-corrected chi connectivity index (χ4v) is 4.50. The lowest BCUT2D eigenvalue weighted by molar-refractivity contribution is 0.101. The molecule has 3 rings (SSSR count). The van der Waals surface area contributed by atoms with Crippen molar-refractivity contribution >= 4 is 39.1 Å². The molecule has 0 N–H and O–H groups in total. The van der Waals surface area contributed by atoms with Gasteiger partial charge in [-0.05, 0) is 44.5 Å². The monoisotopic (exact) mass is 364 g/mol. The number of hydrogen-bond acceptors (Lipinski definition) is 5. The Bertz CT molecular complexity index is 953. The van der Waals surface area contributed by atoms with Crippen LogP contribution in [-0.4, -0.2) is 21.5 Å². The molecular formula is C17H14F2N2OS2. The number of hydrogen-bond donors (Lipinski definition) is 0. The number of thiophene rings is 1. The summed E-state index contributed by atoms with van der Waals surface area (Å²) in [4.78, 5) is 23.1. The molecule has 0 atom stereocenters. The van der Waals surface area contributed by atoms with Crippen molar-refractivity contribution in [3.05, 3.63) is 51.7 Å². The number of halogens is 2. The number of thioether (sulfide) groups is 1. The van der Waals surface area contributed by atoms with E-state index in [1.165, 1.54) is 11.8 Å². The molecule has 2 heterocycles. The van der Waals surface area contributed by atoms with Crippen molar-refractivity contribution in [1.29, 1.82) is 0 Å². The lowest BCUT2D eigenvalue weighted by atomic mass is 10.1. The minimum atomic E-state index is -0.714. The highest BCUT2D eigenvalue weighted by Gasteiger charge is 2.17. The molecule has 0 amide bonds. The van der Waals surface area contributed by atoms with E-state index >= 15 is 0 Å². The summed E-state index contributed by atoms with van der Waals surface area (Å²) in [7, 11) is 0. The van der Waals surface area contributed by atoms with E-state index in [9.17, 15) is 13.6 Å². The minimum Gasteiger partial charge on any atom is -0.293 e. The van der Waals surface area contributed by atoms with Crippen molar-refractivity contribution < 1.29 is 13.6 Å². The van der Waals surface area contributed by atoms with E-state index in [0.717, 1.165) is 38.9 Å². The molecule has 0 aliphatic rings. The average molecular weight is 364 g/mol. The summed E-state index contributed by atoms with van der Waals surface area (Å²) in [6.07, 6.45) is 0. The van der Waals surface area contributed by atoms with Gasteiger partial charge in [0.05, 0.1) is 11.3 Å². The number of aromatic nitrogens is 2. The predicted octanol–water partition coefficient (Wildman–Crippen LogP) is 4.87. The van der Waals surface area contributed by atoms with Crippen molar-refractivity contribution in [2.24, 2.45) is 0 Å². The van der Waals surface area contributed by atoms with E-state index in [2.05, 4.69) is 9.97 Å². The smallest absolute Gasteiger partial charge is 0.176 e. The Morgan fingerprint density at radius 2 is 1.96 bits per heavy atom. The predicted molar refractivity (Wildman–Crippen MR) is 93.0 cm³/mol. The van der Waals surface area contributed by atoms with Gasteiger partial charge in [-0.15, -0.1) is 11.3 Å². The largest absolute Gasteiger partial charge is 0.293 e. The number of carbonyl (C=O) groups excluding carboxylic acids is 1. The van der Waals surface area contributed by atoms with Gasteiger partial charge in [0, 0.05) is 10.3 Å². The number of Topliss-reactive ketones (excluding diaryl/α,β-unsaturated/α-hetero) is 1. The van der Waals surface area contributed by atoms with Crippen molar-refractivity contribution in [3.63, 3.8) is 0 Å². The molecule has 0 spiro atoms. The number of aryl methyl sites for hydroxylation is 3. The number of nitrogens with zero attached hydrogens (tertiary/aromatic N) is 2. The van der Waals surface area contributed by atoms with Crippen molar-refractivity contribution in [2.75, 3.05) is 5.75 Å². The Kier molecular flexibility index (Phi) is 4.64. The first-order chi connectivity index (χ1) is 11.4. The van der Waals surface area contributed by atoms with Crippen LogP contribution in [0.4, 0.5) is 8.78 Å². The van der Waals surface area contributed by atoms with Crippen LogP contribution < -0.4 is 0 Å². The summed E-state index contributed by atoms with van der Waals surface area (Å²) < 4.78 is 27.0. The molecule has 0 saturated heterocycles. The first kappa shape index (κ1) is 17.0. The highest BCUT2D eigenvalue weighted by Crippen LogP contribution is 2.35. The molecule has 0 aliphatic carbocycles. The van der Waals surface area contributed by atoms with E-state index in [1.54, 1.807) is 18.3 Å². The van der Waals surface area contributed by atoms with E-state index in [1.807, 2.05) is 13.8 Å². The molecule has 24 heavy (non-hydrogen) atoms. The lowest BCUT2D eigenvalue weighted by Gasteiger charge is -2.06. The van der Waals surface area contributed by atoms with Crippen molar-refractivity contribution in [3.8, 4) is 0 Å². The number of carbonyl (C=O) groups is 1. The Morgan fingerprint density at radius 1 is 1.21 bits per heavy atom. The maximum absolute atomic E-state index is 13.7. The Balaban J connectivity index is 1.90.